The van der Waals surface area contributed by atoms with Gasteiger partial charge in [-0.15, -0.1) is 0 Å². The van der Waals surface area contributed by atoms with Crippen LogP contribution in [0.4, 0.5) is 0 Å². The third-order valence-corrected chi connectivity index (χ3v) is 7.83. The monoisotopic (exact) mass is 418 g/mol. The lowest BCUT2D eigenvalue weighted by Gasteiger charge is -2.46. The molecule has 1 aromatic carbocycles. The topological polar surface area (TPSA) is 87.0 Å². The van der Waals surface area contributed by atoms with E-state index in [1.807, 2.05) is 0 Å². The number of rotatable bonds is 7. The normalized spacial score (nSPS) is 29.6. The first kappa shape index (κ1) is 22.8. The molecular formula is C25H38O5. The Bertz CT molecular complexity index is 735. The summed E-state index contributed by atoms with van der Waals surface area (Å²) in [7, 11) is 0. The van der Waals surface area contributed by atoms with E-state index in [-0.39, 0.29) is 17.1 Å². The Kier molecular flexibility index (Phi) is 6.88. The molecule has 2 aliphatic rings. The zero-order chi connectivity index (χ0) is 22.1. The molecule has 5 nitrogen and oxygen atoms in total. The van der Waals surface area contributed by atoms with Crippen molar-refractivity contribution in [2.45, 2.75) is 85.2 Å². The van der Waals surface area contributed by atoms with Crippen molar-refractivity contribution in [1.82, 2.24) is 0 Å². The highest BCUT2D eigenvalue weighted by Crippen LogP contribution is 2.59. The minimum absolute atomic E-state index is 0.0617. The number of hydrogen-bond donors (Lipinski definition) is 3. The molecule has 0 spiro atoms. The molecule has 3 N–H and O–H groups in total. The molecule has 3 rings (SSSR count). The van der Waals surface area contributed by atoms with Crippen LogP contribution in [0, 0.1) is 29.1 Å². The van der Waals surface area contributed by atoms with E-state index >= 15 is 0 Å². The van der Waals surface area contributed by atoms with Gasteiger partial charge < -0.3 is 20.1 Å². The third-order valence-electron chi connectivity index (χ3n) is 7.83. The molecule has 0 saturated heterocycles. The first-order chi connectivity index (χ1) is 14.1. The second-order valence-corrected chi connectivity index (χ2v) is 10.3. The van der Waals surface area contributed by atoms with Crippen LogP contribution in [0.5, 0.6) is 17.2 Å². The molecule has 0 radical (unpaired) electrons. The highest BCUT2D eigenvalue weighted by atomic mass is 16.5. The van der Waals surface area contributed by atoms with Crippen molar-refractivity contribution in [2.24, 2.45) is 29.1 Å². The summed E-state index contributed by atoms with van der Waals surface area (Å²) in [6.07, 6.45) is 9.06. The molecule has 0 heterocycles. The quantitative estimate of drug-likeness (QED) is 0.373. The van der Waals surface area contributed by atoms with Crippen LogP contribution in [0.15, 0.2) is 12.1 Å². The Morgan fingerprint density at radius 2 is 1.77 bits per heavy atom. The first-order valence-corrected chi connectivity index (χ1v) is 11.6. The Morgan fingerprint density at radius 1 is 1.10 bits per heavy atom. The number of benzene rings is 1. The van der Waals surface area contributed by atoms with E-state index in [2.05, 4.69) is 27.7 Å². The number of phenols is 3. The molecule has 168 valence electrons. The highest BCUT2D eigenvalue weighted by Gasteiger charge is 2.53. The third kappa shape index (κ3) is 4.55. The molecule has 2 saturated carbocycles. The molecular weight excluding hydrogens is 380 g/mol. The van der Waals surface area contributed by atoms with Crippen molar-refractivity contribution in [3.63, 3.8) is 0 Å². The summed E-state index contributed by atoms with van der Waals surface area (Å²) in [5.41, 5.74) is 0.256. The Labute approximate surface area is 180 Å². The number of aromatic hydroxyl groups is 3. The molecule has 2 aliphatic carbocycles. The average molecular weight is 419 g/mol. The van der Waals surface area contributed by atoms with Gasteiger partial charge in [0.2, 0.25) is 0 Å². The maximum atomic E-state index is 12.7. The number of carbonyl (C=O) groups excluding carboxylic acids is 1. The summed E-state index contributed by atoms with van der Waals surface area (Å²) in [5, 5.41) is 28.9. The Morgan fingerprint density at radius 3 is 2.40 bits per heavy atom. The minimum atomic E-state index is -0.623. The second-order valence-electron chi connectivity index (χ2n) is 10.3. The smallest absolute Gasteiger partial charge is 0.338 e. The Balaban J connectivity index is 1.68. The summed E-state index contributed by atoms with van der Waals surface area (Å²) in [6.45, 7) is 9.36. The van der Waals surface area contributed by atoms with E-state index in [4.69, 9.17) is 4.74 Å². The predicted octanol–water partition coefficient (Wildman–Crippen LogP) is 6.01. The van der Waals surface area contributed by atoms with Crippen molar-refractivity contribution in [3.8, 4) is 17.2 Å². The predicted molar refractivity (Wildman–Crippen MR) is 117 cm³/mol. The second kappa shape index (κ2) is 9.07. The Hall–Kier alpha value is -1.91. The van der Waals surface area contributed by atoms with Gasteiger partial charge in [0.25, 0.3) is 0 Å². The number of fused-ring (bicyclic) bond motifs is 1. The SMILES string of the molecule is CC(C)CCC[C@@H](C)[C@H]1CC[C@H]2[C@@H](OC(=O)c3cc(O)c(O)c(O)c3)CCC[C@]12C. The molecule has 0 unspecified atom stereocenters. The zero-order valence-electron chi connectivity index (χ0n) is 18.9. The highest BCUT2D eigenvalue weighted by molar-refractivity contribution is 5.91. The van der Waals surface area contributed by atoms with E-state index in [9.17, 15) is 20.1 Å². The molecule has 0 bridgehead atoms. The largest absolute Gasteiger partial charge is 0.504 e. The van der Waals surface area contributed by atoms with E-state index in [1.165, 1.54) is 32.1 Å². The summed E-state index contributed by atoms with van der Waals surface area (Å²) in [5.74, 6) is 0.230. The maximum absolute atomic E-state index is 12.7. The summed E-state index contributed by atoms with van der Waals surface area (Å²) >= 11 is 0. The summed E-state index contributed by atoms with van der Waals surface area (Å²) in [4.78, 5) is 12.7. The van der Waals surface area contributed by atoms with Gasteiger partial charge >= 0.3 is 5.97 Å². The number of esters is 1. The van der Waals surface area contributed by atoms with Crippen molar-refractivity contribution in [3.05, 3.63) is 17.7 Å². The van der Waals surface area contributed by atoms with Crippen LogP contribution in [-0.4, -0.2) is 27.4 Å². The van der Waals surface area contributed by atoms with Crippen LogP contribution in [0.1, 0.15) is 89.4 Å². The molecule has 5 heteroatoms. The van der Waals surface area contributed by atoms with Crippen LogP contribution in [0.3, 0.4) is 0 Å². The van der Waals surface area contributed by atoms with Crippen molar-refractivity contribution < 1.29 is 24.9 Å². The molecule has 0 amide bonds. The first-order valence-electron chi connectivity index (χ1n) is 11.6. The van der Waals surface area contributed by atoms with Crippen LogP contribution in [0.2, 0.25) is 0 Å². The lowest BCUT2D eigenvalue weighted by atomic mass is 9.61. The molecule has 1 aromatic rings. The fourth-order valence-corrected chi connectivity index (χ4v) is 6.21. The fourth-order valence-electron chi connectivity index (χ4n) is 6.21. The van der Waals surface area contributed by atoms with Crippen molar-refractivity contribution in [1.29, 1.82) is 0 Å². The lowest BCUT2D eigenvalue weighted by molar-refractivity contribution is -0.0473. The van der Waals surface area contributed by atoms with Crippen molar-refractivity contribution in [2.75, 3.05) is 0 Å². The maximum Gasteiger partial charge on any atom is 0.338 e. The standard InChI is InChI=1S/C25H38O5/c1-15(2)7-5-8-16(3)18-10-11-19-22(9-6-12-25(18,19)4)30-24(29)17-13-20(26)23(28)21(27)14-17/h13-16,18-19,22,26-28H,5-12H2,1-4H3/t16-,18-,19+,22+,25-/m1/s1. The van der Waals surface area contributed by atoms with E-state index in [0.717, 1.165) is 37.3 Å². The number of hydrogen-bond acceptors (Lipinski definition) is 5. The van der Waals surface area contributed by atoms with E-state index in [0.29, 0.717) is 17.8 Å². The minimum Gasteiger partial charge on any atom is -0.504 e. The molecule has 5 atom stereocenters. The van der Waals surface area contributed by atoms with Crippen LogP contribution >= 0.6 is 0 Å². The zero-order valence-corrected chi connectivity index (χ0v) is 18.9. The van der Waals surface area contributed by atoms with Gasteiger partial charge in [0.1, 0.15) is 6.10 Å². The van der Waals surface area contributed by atoms with Crippen LogP contribution in [0.25, 0.3) is 0 Å². The van der Waals surface area contributed by atoms with Crippen molar-refractivity contribution >= 4 is 5.97 Å². The lowest BCUT2D eigenvalue weighted by Crippen LogP contribution is -2.43. The van der Waals surface area contributed by atoms with Gasteiger partial charge in [0, 0.05) is 5.92 Å². The summed E-state index contributed by atoms with van der Waals surface area (Å²) in [6, 6.07) is 2.29. The van der Waals surface area contributed by atoms with Gasteiger partial charge in [-0.05, 0) is 67.4 Å². The average Bonchev–Trinajstić information content (AvgIpc) is 3.03. The molecule has 2 fully saturated rings. The van der Waals surface area contributed by atoms with Crippen LogP contribution in [-0.2, 0) is 4.74 Å². The molecule has 0 aromatic heterocycles. The number of phenolic OH excluding ortho intramolecular Hbond substituents is 3. The van der Waals surface area contributed by atoms with Gasteiger partial charge in [0.05, 0.1) is 5.56 Å². The molecule has 0 aliphatic heterocycles. The fraction of sp³-hybridized carbons (Fsp3) is 0.720. The van der Waals surface area contributed by atoms with Gasteiger partial charge in [0.15, 0.2) is 17.2 Å². The molecule has 30 heavy (non-hydrogen) atoms. The van der Waals surface area contributed by atoms with Gasteiger partial charge in [-0.1, -0.05) is 47.0 Å². The van der Waals surface area contributed by atoms with E-state index < -0.39 is 23.2 Å². The number of carbonyl (C=O) groups is 1. The summed E-state index contributed by atoms with van der Waals surface area (Å²) < 4.78 is 5.90. The van der Waals surface area contributed by atoms with Gasteiger partial charge in [-0.25, -0.2) is 4.79 Å². The van der Waals surface area contributed by atoms with E-state index in [1.54, 1.807) is 0 Å². The van der Waals surface area contributed by atoms with Gasteiger partial charge in [-0.2, -0.15) is 0 Å². The number of ether oxygens (including phenoxy) is 1. The van der Waals surface area contributed by atoms with Gasteiger partial charge in [-0.3, -0.25) is 0 Å². The van der Waals surface area contributed by atoms with Crippen LogP contribution < -0.4 is 0 Å².